The summed E-state index contributed by atoms with van der Waals surface area (Å²) in [7, 11) is 1.67. The van der Waals surface area contributed by atoms with E-state index >= 15 is 0 Å². The molecule has 1 aliphatic rings. The SMILES string of the molecule is COCC(C)NC(=NC1CCOc2ccccc21)NN. The molecule has 4 N–H and O–H groups in total. The molecule has 0 aliphatic carbocycles. The van der Waals surface area contributed by atoms with Gasteiger partial charge in [0.05, 0.1) is 19.3 Å². The van der Waals surface area contributed by atoms with E-state index in [-0.39, 0.29) is 12.1 Å². The predicted molar refractivity (Wildman–Crippen MR) is 78.5 cm³/mol. The van der Waals surface area contributed by atoms with E-state index in [1.807, 2.05) is 31.2 Å². The number of hydrogen-bond donors (Lipinski definition) is 3. The average Bonchev–Trinajstić information content (AvgIpc) is 2.47. The molecule has 1 aromatic carbocycles. The number of rotatable bonds is 4. The number of nitrogens with one attached hydrogen (secondary N) is 2. The molecule has 0 bridgehead atoms. The lowest BCUT2D eigenvalue weighted by molar-refractivity contribution is 0.179. The molecule has 0 aromatic heterocycles. The number of hydrogen-bond acceptors (Lipinski definition) is 4. The Morgan fingerprint density at radius 2 is 2.35 bits per heavy atom. The Labute approximate surface area is 119 Å². The third kappa shape index (κ3) is 3.61. The number of aliphatic imine (C=N–C) groups is 1. The summed E-state index contributed by atoms with van der Waals surface area (Å²) in [6, 6.07) is 8.14. The molecule has 20 heavy (non-hydrogen) atoms. The zero-order valence-electron chi connectivity index (χ0n) is 11.9. The molecule has 0 fully saturated rings. The van der Waals surface area contributed by atoms with E-state index in [0.29, 0.717) is 19.2 Å². The van der Waals surface area contributed by atoms with Gasteiger partial charge in [0.1, 0.15) is 5.75 Å². The Hall–Kier alpha value is -1.79. The van der Waals surface area contributed by atoms with Crippen molar-refractivity contribution in [3.05, 3.63) is 29.8 Å². The number of fused-ring (bicyclic) bond motifs is 1. The van der Waals surface area contributed by atoms with Crippen LogP contribution in [0.4, 0.5) is 0 Å². The maximum Gasteiger partial charge on any atom is 0.206 e. The van der Waals surface area contributed by atoms with Crippen LogP contribution in [0.25, 0.3) is 0 Å². The molecule has 0 saturated carbocycles. The van der Waals surface area contributed by atoms with Gasteiger partial charge in [-0.3, -0.25) is 5.43 Å². The van der Waals surface area contributed by atoms with Crippen LogP contribution in [0, 0.1) is 0 Å². The molecule has 6 heteroatoms. The zero-order valence-corrected chi connectivity index (χ0v) is 11.9. The highest BCUT2D eigenvalue weighted by Gasteiger charge is 2.21. The Morgan fingerprint density at radius 3 is 3.10 bits per heavy atom. The minimum Gasteiger partial charge on any atom is -0.493 e. The first-order valence-electron chi connectivity index (χ1n) is 6.76. The van der Waals surface area contributed by atoms with Gasteiger partial charge in [-0.05, 0) is 13.0 Å². The largest absolute Gasteiger partial charge is 0.493 e. The molecule has 1 aliphatic heterocycles. The standard InChI is InChI=1S/C14H22N4O2/c1-10(9-19-2)16-14(18-15)17-12-7-8-20-13-6-4-3-5-11(12)13/h3-6,10,12H,7-9,15H2,1-2H3,(H2,16,17,18). The number of nitrogens with two attached hydrogens (primary N) is 1. The van der Waals surface area contributed by atoms with Gasteiger partial charge in [0.25, 0.3) is 0 Å². The summed E-state index contributed by atoms with van der Waals surface area (Å²) in [5.74, 6) is 7.00. The second-order valence-corrected chi connectivity index (χ2v) is 4.81. The fourth-order valence-corrected chi connectivity index (χ4v) is 2.25. The van der Waals surface area contributed by atoms with E-state index in [2.05, 4.69) is 15.7 Å². The van der Waals surface area contributed by atoms with Crippen LogP contribution in [0.3, 0.4) is 0 Å². The number of ether oxygens (including phenoxy) is 2. The van der Waals surface area contributed by atoms with Gasteiger partial charge in [-0.2, -0.15) is 0 Å². The Morgan fingerprint density at radius 1 is 1.55 bits per heavy atom. The van der Waals surface area contributed by atoms with Crippen molar-refractivity contribution >= 4 is 5.96 Å². The van der Waals surface area contributed by atoms with Crippen molar-refractivity contribution in [2.45, 2.75) is 25.4 Å². The maximum absolute atomic E-state index is 5.63. The number of benzene rings is 1. The molecule has 2 unspecified atom stereocenters. The first-order chi connectivity index (χ1) is 9.74. The third-order valence-corrected chi connectivity index (χ3v) is 3.15. The number of methoxy groups -OCH3 is 1. The van der Waals surface area contributed by atoms with E-state index in [1.165, 1.54) is 0 Å². The number of nitrogens with zero attached hydrogens (tertiary/aromatic N) is 1. The smallest absolute Gasteiger partial charge is 0.206 e. The van der Waals surface area contributed by atoms with Crippen molar-refractivity contribution in [3.63, 3.8) is 0 Å². The molecule has 0 spiro atoms. The summed E-state index contributed by atoms with van der Waals surface area (Å²) >= 11 is 0. The van der Waals surface area contributed by atoms with Gasteiger partial charge in [0, 0.05) is 25.1 Å². The highest BCUT2D eigenvalue weighted by molar-refractivity contribution is 5.79. The van der Waals surface area contributed by atoms with Gasteiger partial charge >= 0.3 is 0 Å². The predicted octanol–water partition coefficient (Wildman–Crippen LogP) is 0.954. The van der Waals surface area contributed by atoms with Crippen molar-refractivity contribution < 1.29 is 9.47 Å². The van der Waals surface area contributed by atoms with Gasteiger partial charge in [-0.25, -0.2) is 10.8 Å². The zero-order chi connectivity index (χ0) is 14.4. The van der Waals surface area contributed by atoms with Gasteiger partial charge in [-0.15, -0.1) is 0 Å². The van der Waals surface area contributed by atoms with Crippen molar-refractivity contribution in [1.82, 2.24) is 10.7 Å². The van der Waals surface area contributed by atoms with Crippen LogP contribution in [0.5, 0.6) is 5.75 Å². The average molecular weight is 278 g/mol. The van der Waals surface area contributed by atoms with Crippen LogP contribution in [0.15, 0.2) is 29.3 Å². The second kappa shape index (κ2) is 7.12. The monoisotopic (exact) mass is 278 g/mol. The molecule has 110 valence electrons. The third-order valence-electron chi connectivity index (χ3n) is 3.15. The normalized spacial score (nSPS) is 19.8. The van der Waals surface area contributed by atoms with Gasteiger partial charge in [0.2, 0.25) is 5.96 Å². The van der Waals surface area contributed by atoms with Crippen molar-refractivity contribution in [2.75, 3.05) is 20.3 Å². The molecule has 1 heterocycles. The number of hydrazine groups is 1. The lowest BCUT2D eigenvalue weighted by Gasteiger charge is -2.24. The fourth-order valence-electron chi connectivity index (χ4n) is 2.25. The van der Waals surface area contributed by atoms with Crippen molar-refractivity contribution in [2.24, 2.45) is 10.8 Å². The minimum absolute atomic E-state index is 0.0493. The highest BCUT2D eigenvalue weighted by Crippen LogP contribution is 2.33. The van der Waals surface area contributed by atoms with Crippen LogP contribution < -0.4 is 21.3 Å². The first-order valence-corrected chi connectivity index (χ1v) is 6.76. The summed E-state index contributed by atoms with van der Waals surface area (Å²) in [5.41, 5.74) is 3.70. The molecular formula is C14H22N4O2. The van der Waals surface area contributed by atoms with E-state index < -0.39 is 0 Å². The summed E-state index contributed by atoms with van der Waals surface area (Å²) < 4.78 is 10.7. The summed E-state index contributed by atoms with van der Waals surface area (Å²) in [6.45, 7) is 3.26. The molecule has 2 rings (SSSR count). The van der Waals surface area contributed by atoms with Crippen molar-refractivity contribution in [1.29, 1.82) is 0 Å². The van der Waals surface area contributed by atoms with E-state index in [0.717, 1.165) is 17.7 Å². The molecule has 0 amide bonds. The molecular weight excluding hydrogens is 256 g/mol. The number of guanidine groups is 1. The highest BCUT2D eigenvalue weighted by atomic mass is 16.5. The van der Waals surface area contributed by atoms with Gasteiger partial charge in [0.15, 0.2) is 0 Å². The second-order valence-electron chi connectivity index (χ2n) is 4.81. The minimum atomic E-state index is 0.0493. The molecule has 1 aromatic rings. The van der Waals surface area contributed by atoms with Crippen molar-refractivity contribution in [3.8, 4) is 5.75 Å². The molecule has 6 nitrogen and oxygen atoms in total. The van der Waals surface area contributed by atoms with Gasteiger partial charge in [-0.1, -0.05) is 18.2 Å². The van der Waals surface area contributed by atoms with E-state index in [4.69, 9.17) is 15.3 Å². The first kappa shape index (κ1) is 14.6. The maximum atomic E-state index is 5.63. The molecule has 0 saturated heterocycles. The van der Waals surface area contributed by atoms with Crippen LogP contribution in [-0.4, -0.2) is 32.3 Å². The van der Waals surface area contributed by atoms with Gasteiger partial charge < -0.3 is 14.8 Å². The Kier molecular flexibility index (Phi) is 5.20. The van der Waals surface area contributed by atoms with Crippen LogP contribution in [-0.2, 0) is 4.74 Å². The summed E-state index contributed by atoms with van der Waals surface area (Å²) in [6.07, 6.45) is 0.836. The fraction of sp³-hybridized carbons (Fsp3) is 0.500. The van der Waals surface area contributed by atoms with E-state index in [9.17, 15) is 0 Å². The lowest BCUT2D eigenvalue weighted by Crippen LogP contribution is -2.47. The van der Waals surface area contributed by atoms with Crippen LogP contribution >= 0.6 is 0 Å². The van der Waals surface area contributed by atoms with E-state index in [1.54, 1.807) is 7.11 Å². The molecule has 0 radical (unpaired) electrons. The lowest BCUT2D eigenvalue weighted by atomic mass is 10.0. The topological polar surface area (TPSA) is 80.9 Å². The number of para-hydroxylation sites is 1. The van der Waals surface area contributed by atoms with Crippen LogP contribution in [0.1, 0.15) is 24.9 Å². The summed E-state index contributed by atoms with van der Waals surface area (Å²) in [4.78, 5) is 4.65. The Bertz CT molecular complexity index is 464. The molecule has 2 atom stereocenters. The van der Waals surface area contributed by atoms with Crippen LogP contribution in [0.2, 0.25) is 0 Å². The Balaban J connectivity index is 2.12. The quantitative estimate of drug-likeness (QED) is 0.331. The summed E-state index contributed by atoms with van der Waals surface area (Å²) in [5, 5.41) is 3.19.